The fraction of sp³-hybridized carbons (Fsp3) is 0.429. The zero-order valence-electron chi connectivity index (χ0n) is 17.1. The van der Waals surface area contributed by atoms with Crippen molar-refractivity contribution in [2.75, 3.05) is 18.1 Å². The molecule has 0 aliphatic heterocycles. The number of nitrogen functional groups attached to an aromatic ring is 1. The van der Waals surface area contributed by atoms with E-state index in [1.807, 2.05) is 19.1 Å². The van der Waals surface area contributed by atoms with Crippen molar-refractivity contribution in [1.82, 2.24) is 9.71 Å². The summed E-state index contributed by atoms with van der Waals surface area (Å²) in [4.78, 5) is 15.7. The maximum absolute atomic E-state index is 12.0. The molecule has 1 unspecified atom stereocenters. The lowest BCUT2D eigenvalue weighted by atomic mass is 10.1. The van der Waals surface area contributed by atoms with Crippen LogP contribution in [-0.4, -0.2) is 42.9 Å². The number of aryl methyl sites for hydroxylation is 1. The Bertz CT molecular complexity index is 916. The number of rotatable bonds is 13. The van der Waals surface area contributed by atoms with Crippen LogP contribution in [0.4, 0.5) is 5.82 Å². The van der Waals surface area contributed by atoms with Gasteiger partial charge in [-0.15, -0.1) is 0 Å². The second-order valence-electron chi connectivity index (χ2n) is 7.03. The highest BCUT2D eigenvalue weighted by atomic mass is 32.2. The Balaban J connectivity index is 1.83. The lowest BCUT2D eigenvalue weighted by molar-refractivity contribution is -0.138. The highest BCUT2D eigenvalue weighted by Gasteiger charge is 2.24. The van der Waals surface area contributed by atoms with Crippen LogP contribution in [0.3, 0.4) is 0 Å². The molecule has 0 aliphatic rings. The molecule has 0 saturated heterocycles. The van der Waals surface area contributed by atoms with E-state index in [1.54, 1.807) is 30.3 Å². The molecule has 0 amide bonds. The van der Waals surface area contributed by atoms with Crippen LogP contribution in [0.15, 0.2) is 42.5 Å². The van der Waals surface area contributed by atoms with E-state index in [4.69, 9.17) is 10.5 Å². The third-order valence-electron chi connectivity index (χ3n) is 4.42. The number of aliphatic carboxylic acids is 1. The van der Waals surface area contributed by atoms with Gasteiger partial charge in [0.15, 0.2) is 0 Å². The molecule has 4 N–H and O–H groups in total. The first-order chi connectivity index (χ1) is 14.3. The number of nitrogens with two attached hydrogens (primary N) is 1. The van der Waals surface area contributed by atoms with Crippen molar-refractivity contribution in [1.29, 1.82) is 0 Å². The second kappa shape index (κ2) is 11.5. The fourth-order valence-corrected chi connectivity index (χ4v) is 4.23. The van der Waals surface area contributed by atoms with Gasteiger partial charge in [0.25, 0.3) is 0 Å². The minimum absolute atomic E-state index is 0.0576. The number of benzene rings is 1. The highest BCUT2D eigenvalue weighted by molar-refractivity contribution is 7.89. The van der Waals surface area contributed by atoms with Gasteiger partial charge in [-0.1, -0.05) is 31.5 Å². The first-order valence-corrected chi connectivity index (χ1v) is 11.6. The quantitative estimate of drug-likeness (QED) is 0.412. The summed E-state index contributed by atoms with van der Waals surface area (Å²) in [5.41, 5.74) is 7.28. The van der Waals surface area contributed by atoms with E-state index in [-0.39, 0.29) is 12.2 Å². The topological polar surface area (TPSA) is 132 Å². The number of hydrogen-bond donors (Lipinski definition) is 3. The van der Waals surface area contributed by atoms with Crippen molar-refractivity contribution >= 4 is 21.8 Å². The number of carbonyl (C=O) groups is 1. The smallest absolute Gasteiger partial charge is 0.322 e. The first kappa shape index (κ1) is 23.6. The second-order valence-corrected chi connectivity index (χ2v) is 8.91. The minimum atomic E-state index is -3.63. The van der Waals surface area contributed by atoms with Gasteiger partial charge in [-0.25, -0.2) is 18.1 Å². The molecule has 0 aliphatic carbocycles. The number of nitrogens with one attached hydrogen (secondary N) is 1. The van der Waals surface area contributed by atoms with Crippen molar-refractivity contribution < 1.29 is 23.1 Å². The van der Waals surface area contributed by atoms with Gasteiger partial charge < -0.3 is 15.6 Å². The van der Waals surface area contributed by atoms with E-state index in [0.717, 1.165) is 25.0 Å². The largest absolute Gasteiger partial charge is 0.494 e. The van der Waals surface area contributed by atoms with Crippen LogP contribution in [0.25, 0.3) is 0 Å². The van der Waals surface area contributed by atoms with Crippen LogP contribution < -0.4 is 15.2 Å². The summed E-state index contributed by atoms with van der Waals surface area (Å²) in [5, 5.41) is 9.37. The zero-order valence-corrected chi connectivity index (χ0v) is 17.9. The average molecular weight is 436 g/mol. The third-order valence-corrected chi connectivity index (χ3v) is 5.89. The molecule has 2 aromatic rings. The predicted molar refractivity (Wildman–Crippen MR) is 116 cm³/mol. The lowest BCUT2D eigenvalue weighted by Crippen LogP contribution is -2.43. The van der Waals surface area contributed by atoms with Gasteiger partial charge in [-0.3, -0.25) is 4.79 Å². The molecule has 30 heavy (non-hydrogen) atoms. The Kier molecular flexibility index (Phi) is 9.07. The summed E-state index contributed by atoms with van der Waals surface area (Å²) in [6.45, 7) is 2.38. The zero-order chi connectivity index (χ0) is 22.0. The molecule has 1 heterocycles. The fourth-order valence-electron chi connectivity index (χ4n) is 2.83. The van der Waals surface area contributed by atoms with Crippen LogP contribution in [0.2, 0.25) is 0 Å². The normalized spacial score (nSPS) is 12.4. The molecule has 2 rings (SSSR count). The number of hydrogen-bond acceptors (Lipinski definition) is 6. The van der Waals surface area contributed by atoms with Gasteiger partial charge in [-0.05, 0) is 55.5 Å². The van der Waals surface area contributed by atoms with Crippen molar-refractivity contribution in [3.63, 3.8) is 0 Å². The number of carboxylic acids is 1. The molecule has 164 valence electrons. The van der Waals surface area contributed by atoms with Crippen molar-refractivity contribution in [2.45, 2.75) is 45.1 Å². The van der Waals surface area contributed by atoms with Gasteiger partial charge in [-0.2, -0.15) is 0 Å². The van der Waals surface area contributed by atoms with E-state index in [0.29, 0.717) is 30.2 Å². The standard InChI is InChI=1S/C21H29N3O5S/c1-2-3-14-30(27,28)24-19(21(25)26)15-16-9-11-18(12-10-16)29-13-5-7-17-6-4-8-20(22)23-17/h4,6,8-12,19,24H,2-3,5,7,13-15H2,1H3,(H2,22,23)(H,25,26). The van der Waals surface area contributed by atoms with Crippen molar-refractivity contribution in [2.24, 2.45) is 0 Å². The molecule has 9 heteroatoms. The van der Waals surface area contributed by atoms with Crippen LogP contribution in [-0.2, 0) is 27.7 Å². The van der Waals surface area contributed by atoms with Gasteiger partial charge in [0.05, 0.1) is 12.4 Å². The number of unbranched alkanes of at least 4 members (excludes halogenated alkanes) is 1. The number of aromatic nitrogens is 1. The average Bonchev–Trinajstić information content (AvgIpc) is 2.70. The number of ether oxygens (including phenoxy) is 1. The molecule has 0 saturated carbocycles. The van der Waals surface area contributed by atoms with E-state index in [2.05, 4.69) is 9.71 Å². The lowest BCUT2D eigenvalue weighted by Gasteiger charge is -2.15. The number of sulfonamides is 1. The number of anilines is 1. The van der Waals surface area contributed by atoms with Gasteiger partial charge in [0, 0.05) is 5.69 Å². The van der Waals surface area contributed by atoms with Crippen LogP contribution in [0.1, 0.15) is 37.4 Å². The van der Waals surface area contributed by atoms with Crippen molar-refractivity contribution in [3.8, 4) is 5.75 Å². The monoisotopic (exact) mass is 435 g/mol. The number of nitrogens with zero attached hydrogens (tertiary/aromatic N) is 1. The van der Waals surface area contributed by atoms with E-state index in [1.165, 1.54) is 0 Å². The van der Waals surface area contributed by atoms with Crippen LogP contribution in [0.5, 0.6) is 5.75 Å². The summed E-state index contributed by atoms with van der Waals surface area (Å²) >= 11 is 0. The Morgan fingerprint density at radius 2 is 1.93 bits per heavy atom. The van der Waals surface area contributed by atoms with Crippen molar-refractivity contribution in [3.05, 3.63) is 53.7 Å². The third kappa shape index (κ3) is 8.38. The Morgan fingerprint density at radius 1 is 1.20 bits per heavy atom. The van der Waals surface area contributed by atoms with Gasteiger partial charge in [0.2, 0.25) is 10.0 Å². The SMILES string of the molecule is CCCCS(=O)(=O)NC(Cc1ccc(OCCCc2cccc(N)n2)cc1)C(=O)O. The molecule has 1 aromatic heterocycles. The van der Waals surface area contributed by atoms with E-state index >= 15 is 0 Å². The minimum Gasteiger partial charge on any atom is -0.494 e. The van der Waals surface area contributed by atoms with Gasteiger partial charge >= 0.3 is 5.97 Å². The molecule has 1 aromatic carbocycles. The number of carboxylic acid groups (broad SMARTS) is 1. The molecule has 8 nitrogen and oxygen atoms in total. The van der Waals surface area contributed by atoms with Crippen LogP contribution >= 0.6 is 0 Å². The molecule has 0 radical (unpaired) electrons. The maximum Gasteiger partial charge on any atom is 0.322 e. The molecular formula is C21H29N3O5S. The maximum atomic E-state index is 12.0. The summed E-state index contributed by atoms with van der Waals surface area (Å²) in [5.74, 6) is -0.123. The van der Waals surface area contributed by atoms with Crippen LogP contribution in [0, 0.1) is 0 Å². The predicted octanol–water partition coefficient (Wildman–Crippen LogP) is 2.39. The first-order valence-electron chi connectivity index (χ1n) is 9.95. The molecule has 0 spiro atoms. The molecule has 1 atom stereocenters. The number of pyridine rings is 1. The Labute approximate surface area is 177 Å². The summed E-state index contributed by atoms with van der Waals surface area (Å²) in [6, 6.07) is 11.3. The van der Waals surface area contributed by atoms with Gasteiger partial charge in [0.1, 0.15) is 17.6 Å². The van der Waals surface area contributed by atoms with E-state index in [9.17, 15) is 18.3 Å². The summed E-state index contributed by atoms with van der Waals surface area (Å²) in [7, 11) is -3.63. The summed E-state index contributed by atoms with van der Waals surface area (Å²) in [6.07, 6.45) is 2.79. The van der Waals surface area contributed by atoms with E-state index < -0.39 is 22.0 Å². The summed E-state index contributed by atoms with van der Waals surface area (Å²) < 4.78 is 32.0. The Hall–Kier alpha value is -2.65. The molecule has 0 fully saturated rings. The molecule has 0 bridgehead atoms. The Morgan fingerprint density at radius 3 is 2.57 bits per heavy atom. The molecular weight excluding hydrogens is 406 g/mol. The highest BCUT2D eigenvalue weighted by Crippen LogP contribution is 2.15.